The molecular formula is C46H91O10P. The molecule has 0 saturated heterocycles. The van der Waals surface area contributed by atoms with Crippen molar-refractivity contribution < 1.29 is 47.8 Å². The molecule has 0 aromatic rings. The standard InChI is InChI=1S/C46H91O10P/c1-35(2)17-11-19-37(5)21-13-23-39(7)25-15-27-41(9)29-45(49)53-33-44(34-55-57(51,52)54-32-43(48)31-47)56-46(50)30-42(10)28-16-26-40(8)24-14-22-38(6)20-12-18-36(3)4/h35-44,47-48H,11-34H2,1-10H3,(H,51,52)/t37?,38?,39?,40?,41?,42?,43?,44-/m1/s1. The summed E-state index contributed by atoms with van der Waals surface area (Å²) in [7, 11) is -4.65. The predicted molar refractivity (Wildman–Crippen MR) is 233 cm³/mol. The van der Waals surface area contributed by atoms with Gasteiger partial charge in [-0.1, -0.05) is 185 Å². The van der Waals surface area contributed by atoms with Crippen molar-refractivity contribution >= 4 is 19.8 Å². The molecule has 0 bridgehead atoms. The van der Waals surface area contributed by atoms with Crippen LogP contribution in [-0.4, -0.2) is 65.7 Å². The molecule has 0 aromatic heterocycles. The summed E-state index contributed by atoms with van der Waals surface area (Å²) in [5, 5.41) is 18.5. The predicted octanol–water partition coefficient (Wildman–Crippen LogP) is 11.9. The average molecular weight is 835 g/mol. The van der Waals surface area contributed by atoms with Crippen LogP contribution in [0.1, 0.15) is 198 Å². The summed E-state index contributed by atoms with van der Waals surface area (Å²) in [6.45, 7) is 20.4. The Morgan fingerprint density at radius 2 is 0.825 bits per heavy atom. The van der Waals surface area contributed by atoms with Crippen molar-refractivity contribution in [2.45, 2.75) is 210 Å². The summed E-state index contributed by atoms with van der Waals surface area (Å²) in [5.41, 5.74) is 0. The monoisotopic (exact) mass is 835 g/mol. The summed E-state index contributed by atoms with van der Waals surface area (Å²) in [4.78, 5) is 35.8. The maximum Gasteiger partial charge on any atom is 0.472 e. The van der Waals surface area contributed by atoms with Crippen LogP contribution in [0.4, 0.5) is 0 Å². The van der Waals surface area contributed by atoms with Crippen LogP contribution in [0.25, 0.3) is 0 Å². The quantitative estimate of drug-likeness (QED) is 0.0405. The Balaban J connectivity index is 4.77. The maximum atomic E-state index is 13.0. The lowest BCUT2D eigenvalue weighted by atomic mass is 9.91. The Bertz CT molecular complexity index is 1040. The molecule has 57 heavy (non-hydrogen) atoms. The van der Waals surface area contributed by atoms with Gasteiger partial charge in [-0.15, -0.1) is 0 Å². The second-order valence-electron chi connectivity index (χ2n) is 19.1. The number of aliphatic hydroxyl groups excluding tert-OH is 2. The number of ether oxygens (including phenoxy) is 2. The largest absolute Gasteiger partial charge is 0.472 e. The molecule has 11 heteroatoms. The van der Waals surface area contributed by atoms with Gasteiger partial charge in [-0.2, -0.15) is 0 Å². The van der Waals surface area contributed by atoms with E-state index in [1.165, 1.54) is 77.0 Å². The summed E-state index contributed by atoms with van der Waals surface area (Å²) in [5.74, 6) is 3.68. The molecule has 0 fully saturated rings. The van der Waals surface area contributed by atoms with Gasteiger partial charge in [0.1, 0.15) is 12.7 Å². The zero-order valence-electron chi connectivity index (χ0n) is 38.4. The summed E-state index contributed by atoms with van der Waals surface area (Å²) < 4.78 is 33.3. The van der Waals surface area contributed by atoms with Crippen molar-refractivity contribution in [2.75, 3.05) is 26.4 Å². The van der Waals surface area contributed by atoms with E-state index in [4.69, 9.17) is 23.6 Å². The third-order valence-corrected chi connectivity index (χ3v) is 12.3. The number of esters is 2. The number of carbonyl (C=O) groups excluding carboxylic acids is 2. The minimum atomic E-state index is -4.65. The van der Waals surface area contributed by atoms with E-state index in [1.807, 2.05) is 13.8 Å². The van der Waals surface area contributed by atoms with Crippen LogP contribution in [0.15, 0.2) is 0 Å². The Hall–Kier alpha value is -1.03. The van der Waals surface area contributed by atoms with Crippen LogP contribution in [-0.2, 0) is 32.7 Å². The first-order valence-electron chi connectivity index (χ1n) is 23.1. The summed E-state index contributed by atoms with van der Waals surface area (Å²) in [6, 6.07) is 0. The molecule has 10 nitrogen and oxygen atoms in total. The molecule has 0 radical (unpaired) electrons. The molecule has 0 amide bonds. The van der Waals surface area contributed by atoms with Crippen molar-refractivity contribution in [2.24, 2.45) is 47.3 Å². The van der Waals surface area contributed by atoms with Crippen molar-refractivity contribution in [3.63, 3.8) is 0 Å². The van der Waals surface area contributed by atoms with Gasteiger partial charge in [0.05, 0.1) is 19.8 Å². The molecule has 0 spiro atoms. The van der Waals surface area contributed by atoms with E-state index >= 15 is 0 Å². The van der Waals surface area contributed by atoms with Crippen LogP contribution in [0.5, 0.6) is 0 Å². The van der Waals surface area contributed by atoms with Crippen molar-refractivity contribution in [1.29, 1.82) is 0 Å². The average Bonchev–Trinajstić information content (AvgIpc) is 3.11. The van der Waals surface area contributed by atoms with Crippen molar-refractivity contribution in [3.8, 4) is 0 Å². The first-order chi connectivity index (χ1) is 26.8. The van der Waals surface area contributed by atoms with Crippen molar-refractivity contribution in [1.82, 2.24) is 0 Å². The third-order valence-electron chi connectivity index (χ3n) is 11.4. The third kappa shape index (κ3) is 35.4. The molecule has 3 N–H and O–H groups in total. The zero-order chi connectivity index (χ0) is 43.2. The Morgan fingerprint density at radius 3 is 1.19 bits per heavy atom. The van der Waals surface area contributed by atoms with E-state index in [2.05, 4.69) is 55.4 Å². The normalized spacial score (nSPS) is 17.4. The smallest absolute Gasteiger partial charge is 0.462 e. The highest BCUT2D eigenvalue weighted by Crippen LogP contribution is 2.43. The Morgan fingerprint density at radius 1 is 0.491 bits per heavy atom. The molecule has 8 unspecified atom stereocenters. The van der Waals surface area contributed by atoms with E-state index in [-0.39, 0.29) is 31.3 Å². The number of phosphoric ester groups is 1. The lowest BCUT2D eigenvalue weighted by Crippen LogP contribution is -2.30. The summed E-state index contributed by atoms with van der Waals surface area (Å²) >= 11 is 0. The van der Waals surface area contributed by atoms with Gasteiger partial charge in [-0.05, 0) is 47.3 Å². The fraction of sp³-hybridized carbons (Fsp3) is 0.957. The minimum absolute atomic E-state index is 0.0775. The van der Waals surface area contributed by atoms with E-state index in [1.54, 1.807) is 0 Å². The number of hydrogen-bond donors (Lipinski definition) is 3. The van der Waals surface area contributed by atoms with Gasteiger partial charge in [0.2, 0.25) is 0 Å². The van der Waals surface area contributed by atoms with Crippen LogP contribution in [0.2, 0.25) is 0 Å². The highest BCUT2D eigenvalue weighted by molar-refractivity contribution is 7.47. The molecule has 0 aromatic carbocycles. The van der Waals surface area contributed by atoms with E-state index in [0.29, 0.717) is 11.8 Å². The van der Waals surface area contributed by atoms with Gasteiger partial charge in [0, 0.05) is 12.8 Å². The van der Waals surface area contributed by atoms with Gasteiger partial charge < -0.3 is 24.6 Å². The molecule has 0 rings (SSSR count). The van der Waals surface area contributed by atoms with Crippen LogP contribution in [0, 0.1) is 47.3 Å². The van der Waals surface area contributed by atoms with Gasteiger partial charge in [-0.3, -0.25) is 18.6 Å². The van der Waals surface area contributed by atoms with E-state index in [0.717, 1.165) is 62.2 Å². The van der Waals surface area contributed by atoms with Gasteiger partial charge in [0.25, 0.3) is 0 Å². The van der Waals surface area contributed by atoms with E-state index in [9.17, 15) is 24.2 Å². The highest BCUT2D eigenvalue weighted by Gasteiger charge is 2.28. The van der Waals surface area contributed by atoms with Crippen LogP contribution >= 0.6 is 7.82 Å². The topological polar surface area (TPSA) is 149 Å². The Kier molecular flexibility index (Phi) is 33.1. The van der Waals surface area contributed by atoms with Crippen LogP contribution in [0.3, 0.4) is 0 Å². The number of aliphatic hydroxyl groups is 2. The van der Waals surface area contributed by atoms with Gasteiger partial charge >= 0.3 is 19.8 Å². The lowest BCUT2D eigenvalue weighted by molar-refractivity contribution is -0.162. The molecule has 9 atom stereocenters. The number of carbonyl (C=O) groups is 2. The molecule has 0 saturated carbocycles. The van der Waals surface area contributed by atoms with Crippen LogP contribution < -0.4 is 0 Å². The molecular weight excluding hydrogens is 743 g/mol. The molecule has 0 aliphatic heterocycles. The van der Waals surface area contributed by atoms with Gasteiger partial charge in [-0.25, -0.2) is 4.57 Å². The SMILES string of the molecule is CC(C)CCCC(C)CCCC(C)CCCC(C)CC(=O)OC[C@H](COP(=O)(O)OCC(O)CO)OC(=O)CC(C)CCCC(C)CCCC(C)CCCC(C)C. The second kappa shape index (κ2) is 33.7. The van der Waals surface area contributed by atoms with Gasteiger partial charge in [0.15, 0.2) is 6.10 Å². The fourth-order valence-electron chi connectivity index (χ4n) is 7.40. The Labute approximate surface area is 350 Å². The number of hydrogen-bond acceptors (Lipinski definition) is 9. The highest BCUT2D eigenvalue weighted by atomic mass is 31.2. The molecule has 0 aliphatic rings. The minimum Gasteiger partial charge on any atom is -0.462 e. The molecule has 0 aliphatic carbocycles. The fourth-order valence-corrected chi connectivity index (χ4v) is 8.19. The van der Waals surface area contributed by atoms with Crippen molar-refractivity contribution in [3.05, 3.63) is 0 Å². The lowest BCUT2D eigenvalue weighted by Gasteiger charge is -2.21. The first-order valence-corrected chi connectivity index (χ1v) is 24.6. The van der Waals surface area contributed by atoms with E-state index < -0.39 is 51.8 Å². The summed E-state index contributed by atoms with van der Waals surface area (Å²) in [6.07, 6.45) is 19.4. The number of rotatable bonds is 38. The zero-order valence-corrected chi connectivity index (χ0v) is 39.3. The second-order valence-corrected chi connectivity index (χ2v) is 20.6. The molecule has 0 heterocycles. The first kappa shape index (κ1) is 56.0. The molecule has 340 valence electrons. The number of phosphoric acid groups is 1. The maximum absolute atomic E-state index is 13.0.